The van der Waals surface area contributed by atoms with Crippen LogP contribution in [0.5, 0.6) is 0 Å². The van der Waals surface area contributed by atoms with Crippen LogP contribution in [0.3, 0.4) is 0 Å². The minimum Gasteiger partial charge on any atom is -0.342 e. The summed E-state index contributed by atoms with van der Waals surface area (Å²) in [5, 5.41) is 3.39. The van der Waals surface area contributed by atoms with E-state index in [4.69, 9.17) is 0 Å². The van der Waals surface area contributed by atoms with Crippen LogP contribution in [0.2, 0.25) is 0 Å². The van der Waals surface area contributed by atoms with Gasteiger partial charge in [-0.3, -0.25) is 4.79 Å². The largest absolute Gasteiger partial charge is 0.342 e. The molecule has 16 heavy (non-hydrogen) atoms. The molecule has 2 fully saturated rings. The van der Waals surface area contributed by atoms with Gasteiger partial charge >= 0.3 is 0 Å². The van der Waals surface area contributed by atoms with Crippen LogP contribution in [0, 0.1) is 11.8 Å². The quantitative estimate of drug-likeness (QED) is 0.804. The maximum absolute atomic E-state index is 12.0. The van der Waals surface area contributed by atoms with Gasteiger partial charge in [-0.1, -0.05) is 13.8 Å². The zero-order chi connectivity index (χ0) is 10.8. The number of rotatable bonds is 2. The zero-order valence-electron chi connectivity index (χ0n) is 10.2. The first kappa shape index (κ1) is 13.8. The summed E-state index contributed by atoms with van der Waals surface area (Å²) < 4.78 is 0. The van der Waals surface area contributed by atoms with E-state index in [1.807, 2.05) is 0 Å². The fourth-order valence-electron chi connectivity index (χ4n) is 2.60. The van der Waals surface area contributed by atoms with Gasteiger partial charge in [-0.25, -0.2) is 0 Å². The number of hydrogen-bond donors (Lipinski definition) is 1. The Labute approximate surface area is 104 Å². The lowest BCUT2D eigenvalue weighted by Crippen LogP contribution is -2.34. The van der Waals surface area contributed by atoms with E-state index in [1.54, 1.807) is 0 Å². The molecular weight excluding hydrogens is 224 g/mol. The fourth-order valence-corrected chi connectivity index (χ4v) is 2.60. The highest BCUT2D eigenvalue weighted by Crippen LogP contribution is 2.23. The zero-order valence-corrected chi connectivity index (χ0v) is 11.1. The molecule has 0 bridgehead atoms. The number of amides is 1. The Morgan fingerprint density at radius 2 is 1.94 bits per heavy atom. The highest BCUT2D eigenvalue weighted by atomic mass is 35.5. The Balaban J connectivity index is 0.00000128. The molecule has 1 N–H and O–H groups in total. The Hall–Kier alpha value is -0.280. The van der Waals surface area contributed by atoms with Crippen LogP contribution in [0.25, 0.3) is 0 Å². The van der Waals surface area contributed by atoms with Crippen molar-refractivity contribution in [1.82, 2.24) is 10.2 Å². The molecule has 2 saturated heterocycles. The summed E-state index contributed by atoms with van der Waals surface area (Å²) in [5.41, 5.74) is 0. The third kappa shape index (κ3) is 3.11. The Kier molecular flexibility index (Phi) is 5.06. The van der Waals surface area contributed by atoms with Gasteiger partial charge in [0.1, 0.15) is 0 Å². The predicted molar refractivity (Wildman–Crippen MR) is 67.8 cm³/mol. The Bertz CT molecular complexity index is 231. The summed E-state index contributed by atoms with van der Waals surface area (Å²) in [6, 6.07) is 0.448. The van der Waals surface area contributed by atoms with Crippen LogP contribution < -0.4 is 5.32 Å². The number of likely N-dealkylation sites (tertiary alicyclic amines) is 1. The minimum absolute atomic E-state index is 0. The van der Waals surface area contributed by atoms with E-state index in [0.29, 0.717) is 30.2 Å². The van der Waals surface area contributed by atoms with Gasteiger partial charge in [0.15, 0.2) is 0 Å². The monoisotopic (exact) mass is 246 g/mol. The standard InChI is InChI=1S/C12H22N2O.ClH/c1-9-7-14(8-10(9)2)12(15)6-11-4-3-5-13-11;/h9-11,13H,3-8H2,1-2H3;1H. The molecule has 0 saturated carbocycles. The third-order valence-corrected chi connectivity index (χ3v) is 3.92. The molecule has 2 aliphatic heterocycles. The molecule has 94 valence electrons. The lowest BCUT2D eigenvalue weighted by molar-refractivity contribution is -0.130. The van der Waals surface area contributed by atoms with Gasteiger partial charge in [0.25, 0.3) is 0 Å². The van der Waals surface area contributed by atoms with Crippen LogP contribution >= 0.6 is 12.4 Å². The van der Waals surface area contributed by atoms with Gasteiger partial charge in [0.05, 0.1) is 0 Å². The van der Waals surface area contributed by atoms with Crippen molar-refractivity contribution >= 4 is 18.3 Å². The van der Waals surface area contributed by atoms with Gasteiger partial charge in [0, 0.05) is 25.6 Å². The smallest absolute Gasteiger partial charge is 0.224 e. The van der Waals surface area contributed by atoms with Crippen LogP contribution in [-0.2, 0) is 4.79 Å². The van der Waals surface area contributed by atoms with Crippen LogP contribution in [0.15, 0.2) is 0 Å². The first-order valence-electron chi connectivity index (χ1n) is 6.18. The summed E-state index contributed by atoms with van der Waals surface area (Å²) in [5.74, 6) is 1.70. The van der Waals surface area contributed by atoms with E-state index in [0.717, 1.165) is 19.6 Å². The molecule has 0 aromatic carbocycles. The number of nitrogens with one attached hydrogen (secondary N) is 1. The van der Waals surface area contributed by atoms with Gasteiger partial charge in [-0.2, -0.15) is 0 Å². The highest BCUT2D eigenvalue weighted by molar-refractivity contribution is 5.85. The first-order valence-corrected chi connectivity index (χ1v) is 6.18. The van der Waals surface area contributed by atoms with E-state index < -0.39 is 0 Å². The second-order valence-electron chi connectivity index (χ2n) is 5.25. The molecule has 0 aromatic heterocycles. The summed E-state index contributed by atoms with van der Waals surface area (Å²) in [4.78, 5) is 14.0. The van der Waals surface area contributed by atoms with E-state index in [-0.39, 0.29) is 12.4 Å². The summed E-state index contributed by atoms with van der Waals surface area (Å²) in [6.07, 6.45) is 3.11. The normalized spacial score (nSPS) is 33.9. The molecule has 0 radical (unpaired) electrons. The topological polar surface area (TPSA) is 32.3 Å². The van der Waals surface area contributed by atoms with Crippen molar-refractivity contribution in [1.29, 1.82) is 0 Å². The fraction of sp³-hybridized carbons (Fsp3) is 0.917. The first-order chi connectivity index (χ1) is 7.16. The number of halogens is 1. The molecule has 2 aliphatic rings. The molecular formula is C12H23ClN2O. The van der Waals surface area contributed by atoms with Crippen molar-refractivity contribution in [2.75, 3.05) is 19.6 Å². The van der Waals surface area contributed by atoms with Crippen molar-refractivity contribution in [3.63, 3.8) is 0 Å². The van der Waals surface area contributed by atoms with Gasteiger partial charge in [-0.05, 0) is 31.2 Å². The van der Waals surface area contributed by atoms with E-state index in [1.165, 1.54) is 12.8 Å². The van der Waals surface area contributed by atoms with E-state index in [2.05, 4.69) is 24.1 Å². The maximum atomic E-state index is 12.0. The number of carbonyl (C=O) groups is 1. The molecule has 3 atom stereocenters. The maximum Gasteiger partial charge on any atom is 0.224 e. The SMILES string of the molecule is CC1CN(C(=O)CC2CCCN2)CC1C.Cl. The van der Waals surface area contributed by atoms with Crippen LogP contribution in [0.1, 0.15) is 33.1 Å². The van der Waals surface area contributed by atoms with Gasteiger partial charge in [0.2, 0.25) is 5.91 Å². The average Bonchev–Trinajstić information content (AvgIpc) is 2.78. The Morgan fingerprint density at radius 3 is 2.44 bits per heavy atom. The highest BCUT2D eigenvalue weighted by Gasteiger charge is 2.30. The van der Waals surface area contributed by atoms with Crippen molar-refractivity contribution in [2.24, 2.45) is 11.8 Å². The molecule has 2 rings (SSSR count). The molecule has 0 aromatic rings. The molecule has 2 heterocycles. The minimum atomic E-state index is 0. The molecule has 4 heteroatoms. The van der Waals surface area contributed by atoms with Gasteiger partial charge < -0.3 is 10.2 Å². The number of carbonyl (C=O) groups excluding carboxylic acids is 1. The summed E-state index contributed by atoms with van der Waals surface area (Å²) >= 11 is 0. The van der Waals surface area contributed by atoms with Crippen LogP contribution in [0.4, 0.5) is 0 Å². The molecule has 3 nitrogen and oxygen atoms in total. The predicted octanol–water partition coefficient (Wildman–Crippen LogP) is 1.66. The summed E-state index contributed by atoms with van der Waals surface area (Å²) in [6.45, 7) is 7.50. The molecule has 0 spiro atoms. The molecule has 1 amide bonds. The lowest BCUT2D eigenvalue weighted by atomic mass is 10.0. The average molecular weight is 247 g/mol. The van der Waals surface area contributed by atoms with E-state index in [9.17, 15) is 4.79 Å². The van der Waals surface area contributed by atoms with Gasteiger partial charge in [-0.15, -0.1) is 12.4 Å². The van der Waals surface area contributed by atoms with Crippen molar-refractivity contribution in [3.8, 4) is 0 Å². The molecule has 3 unspecified atom stereocenters. The summed E-state index contributed by atoms with van der Waals surface area (Å²) in [7, 11) is 0. The number of hydrogen-bond acceptors (Lipinski definition) is 2. The Morgan fingerprint density at radius 1 is 1.31 bits per heavy atom. The van der Waals surface area contributed by atoms with E-state index >= 15 is 0 Å². The second kappa shape index (κ2) is 5.87. The van der Waals surface area contributed by atoms with Crippen molar-refractivity contribution < 1.29 is 4.79 Å². The van der Waals surface area contributed by atoms with Crippen molar-refractivity contribution in [3.05, 3.63) is 0 Å². The second-order valence-corrected chi connectivity index (χ2v) is 5.25. The number of nitrogens with zero attached hydrogens (tertiary/aromatic N) is 1. The molecule has 0 aliphatic carbocycles. The lowest BCUT2D eigenvalue weighted by Gasteiger charge is -2.18. The van der Waals surface area contributed by atoms with Crippen molar-refractivity contribution in [2.45, 2.75) is 39.2 Å². The van der Waals surface area contributed by atoms with Crippen LogP contribution in [-0.4, -0.2) is 36.5 Å². The third-order valence-electron chi connectivity index (χ3n) is 3.92.